The van der Waals surface area contributed by atoms with Crippen molar-refractivity contribution in [2.24, 2.45) is 23.3 Å². The number of amides is 1. The number of carbonyl (C=O) groups excluding carboxylic acids is 1. The SMILES string of the molecule is CC1(C)CC(CC(CN)c2ccccc2)C(=O)N1.CC1(C)CC(CC(CN)c2ccccc2)CN1. The van der Waals surface area contributed by atoms with Crippen LogP contribution in [0.1, 0.15) is 76.3 Å². The van der Waals surface area contributed by atoms with Crippen molar-refractivity contribution in [2.75, 3.05) is 19.6 Å². The van der Waals surface area contributed by atoms with Gasteiger partial charge in [-0.3, -0.25) is 4.79 Å². The maximum Gasteiger partial charge on any atom is 0.223 e. The fraction of sp³-hybridized carbons (Fsp3) is 0.567. The van der Waals surface area contributed by atoms with Gasteiger partial charge in [-0.1, -0.05) is 60.7 Å². The average Bonchev–Trinajstić information content (AvgIpc) is 3.32. The van der Waals surface area contributed by atoms with Gasteiger partial charge in [-0.15, -0.1) is 0 Å². The van der Waals surface area contributed by atoms with Gasteiger partial charge in [0.2, 0.25) is 5.91 Å². The van der Waals surface area contributed by atoms with E-state index in [9.17, 15) is 4.79 Å². The molecule has 0 radical (unpaired) electrons. The van der Waals surface area contributed by atoms with E-state index in [2.05, 4.69) is 80.8 Å². The predicted octanol–water partition coefficient (Wildman–Crippen LogP) is 4.54. The largest absolute Gasteiger partial charge is 0.351 e. The second-order valence-corrected chi connectivity index (χ2v) is 11.8. The lowest BCUT2D eigenvalue weighted by atomic mass is 9.85. The molecule has 0 bridgehead atoms. The molecular weight excluding hydrogens is 432 g/mol. The number of nitrogens with two attached hydrogens (primary N) is 2. The van der Waals surface area contributed by atoms with Gasteiger partial charge >= 0.3 is 0 Å². The Bertz CT molecular complexity index is 912. The zero-order valence-corrected chi connectivity index (χ0v) is 22.1. The molecule has 1 amide bonds. The minimum absolute atomic E-state index is 0.0718. The van der Waals surface area contributed by atoms with Crippen molar-refractivity contribution in [3.63, 3.8) is 0 Å². The predicted molar refractivity (Wildman–Crippen MR) is 146 cm³/mol. The Balaban J connectivity index is 0.000000196. The number of benzene rings is 2. The van der Waals surface area contributed by atoms with Crippen LogP contribution in [0.3, 0.4) is 0 Å². The van der Waals surface area contributed by atoms with Gasteiger partial charge in [0.25, 0.3) is 0 Å². The number of carbonyl (C=O) groups is 1. The third kappa shape index (κ3) is 8.16. The van der Waals surface area contributed by atoms with Gasteiger partial charge in [-0.25, -0.2) is 0 Å². The molecule has 5 heteroatoms. The van der Waals surface area contributed by atoms with Crippen LogP contribution in [0.5, 0.6) is 0 Å². The highest BCUT2D eigenvalue weighted by Gasteiger charge is 2.38. The summed E-state index contributed by atoms with van der Waals surface area (Å²) < 4.78 is 0. The summed E-state index contributed by atoms with van der Waals surface area (Å²) in [6.07, 6.45) is 4.21. The fourth-order valence-electron chi connectivity index (χ4n) is 5.77. The second-order valence-electron chi connectivity index (χ2n) is 11.8. The third-order valence-electron chi connectivity index (χ3n) is 7.56. The van der Waals surface area contributed by atoms with E-state index in [4.69, 9.17) is 11.5 Å². The molecule has 4 rings (SSSR count). The van der Waals surface area contributed by atoms with Crippen molar-refractivity contribution in [1.29, 1.82) is 0 Å². The number of hydrogen-bond acceptors (Lipinski definition) is 4. The lowest BCUT2D eigenvalue weighted by molar-refractivity contribution is -0.123. The van der Waals surface area contributed by atoms with Crippen LogP contribution in [0.2, 0.25) is 0 Å². The van der Waals surface area contributed by atoms with E-state index in [1.807, 2.05) is 18.2 Å². The lowest BCUT2D eigenvalue weighted by Gasteiger charge is -2.20. The number of nitrogens with one attached hydrogen (secondary N) is 2. The molecule has 35 heavy (non-hydrogen) atoms. The van der Waals surface area contributed by atoms with Gasteiger partial charge in [0, 0.05) is 17.0 Å². The van der Waals surface area contributed by atoms with E-state index in [1.54, 1.807) is 0 Å². The highest BCUT2D eigenvalue weighted by molar-refractivity contribution is 5.82. The van der Waals surface area contributed by atoms with Crippen LogP contribution in [0.15, 0.2) is 60.7 Å². The van der Waals surface area contributed by atoms with Gasteiger partial charge in [0.1, 0.15) is 0 Å². The molecule has 5 nitrogen and oxygen atoms in total. The molecule has 4 atom stereocenters. The van der Waals surface area contributed by atoms with E-state index in [1.165, 1.54) is 24.0 Å². The number of hydrogen-bond donors (Lipinski definition) is 4. The summed E-state index contributed by atoms with van der Waals surface area (Å²) in [6, 6.07) is 20.9. The first-order valence-corrected chi connectivity index (χ1v) is 13.2. The zero-order chi connectivity index (χ0) is 25.5. The molecule has 2 aromatic carbocycles. The molecule has 2 aliphatic heterocycles. The Morgan fingerprint density at radius 2 is 1.31 bits per heavy atom. The van der Waals surface area contributed by atoms with Gasteiger partial charge < -0.3 is 22.1 Å². The summed E-state index contributed by atoms with van der Waals surface area (Å²) in [6.45, 7) is 11.2. The van der Waals surface area contributed by atoms with Crippen LogP contribution in [0.25, 0.3) is 0 Å². The molecular formula is C30H46N4O. The average molecular weight is 479 g/mol. The molecule has 0 spiro atoms. The van der Waals surface area contributed by atoms with E-state index in [-0.39, 0.29) is 23.3 Å². The van der Waals surface area contributed by atoms with E-state index in [0.29, 0.717) is 18.0 Å². The molecule has 6 N–H and O–H groups in total. The first-order valence-electron chi connectivity index (χ1n) is 13.2. The Morgan fingerprint density at radius 3 is 1.71 bits per heavy atom. The Labute approximate surface area is 212 Å². The van der Waals surface area contributed by atoms with Crippen molar-refractivity contribution in [1.82, 2.24) is 10.6 Å². The molecule has 4 unspecified atom stereocenters. The topological polar surface area (TPSA) is 93.2 Å². The summed E-state index contributed by atoms with van der Waals surface area (Å²) in [5, 5.41) is 6.63. The van der Waals surface area contributed by atoms with Crippen LogP contribution < -0.4 is 22.1 Å². The van der Waals surface area contributed by atoms with Crippen LogP contribution in [0, 0.1) is 11.8 Å². The summed E-state index contributed by atoms with van der Waals surface area (Å²) in [7, 11) is 0. The standard InChI is InChI=1S/C15H22N2O.C15H24N2/c1-15(2)9-12(14(18)17-15)8-13(10-16)11-6-4-3-5-7-11;1-15(2)9-12(11-17-15)8-14(10-16)13-6-4-3-5-7-13/h3-7,12-13H,8-10,16H2,1-2H3,(H,17,18);3-7,12,14,17H,8-11,16H2,1-2H3. The van der Waals surface area contributed by atoms with Crippen molar-refractivity contribution in [2.45, 2.75) is 76.3 Å². The maximum atomic E-state index is 11.9. The summed E-state index contributed by atoms with van der Waals surface area (Å²) in [5.74, 6) is 1.81. The maximum absolute atomic E-state index is 11.9. The molecule has 0 aromatic heterocycles. The minimum Gasteiger partial charge on any atom is -0.351 e. The molecule has 2 saturated heterocycles. The molecule has 2 heterocycles. The van der Waals surface area contributed by atoms with Crippen molar-refractivity contribution in [3.05, 3.63) is 71.8 Å². The zero-order valence-electron chi connectivity index (χ0n) is 22.1. The molecule has 0 aliphatic carbocycles. The van der Waals surface area contributed by atoms with E-state index < -0.39 is 0 Å². The highest BCUT2D eigenvalue weighted by Crippen LogP contribution is 2.33. The lowest BCUT2D eigenvalue weighted by Crippen LogP contribution is -2.34. The highest BCUT2D eigenvalue weighted by atomic mass is 16.2. The third-order valence-corrected chi connectivity index (χ3v) is 7.56. The molecule has 2 fully saturated rings. The van der Waals surface area contributed by atoms with Crippen molar-refractivity contribution < 1.29 is 4.79 Å². The van der Waals surface area contributed by atoms with Gasteiger partial charge in [0.05, 0.1) is 0 Å². The van der Waals surface area contributed by atoms with Crippen LogP contribution >= 0.6 is 0 Å². The fourth-order valence-corrected chi connectivity index (χ4v) is 5.77. The van der Waals surface area contributed by atoms with Gasteiger partial charge in [-0.2, -0.15) is 0 Å². The summed E-state index contributed by atoms with van der Waals surface area (Å²) in [5.41, 5.74) is 14.7. The van der Waals surface area contributed by atoms with Crippen LogP contribution in [0.4, 0.5) is 0 Å². The van der Waals surface area contributed by atoms with Gasteiger partial charge in [0.15, 0.2) is 0 Å². The van der Waals surface area contributed by atoms with Crippen molar-refractivity contribution >= 4 is 5.91 Å². The first kappa shape index (κ1) is 27.4. The molecule has 2 aliphatic rings. The van der Waals surface area contributed by atoms with Crippen molar-refractivity contribution in [3.8, 4) is 0 Å². The van der Waals surface area contributed by atoms with E-state index >= 15 is 0 Å². The molecule has 0 saturated carbocycles. The Kier molecular flexibility index (Phi) is 9.51. The van der Waals surface area contributed by atoms with E-state index in [0.717, 1.165) is 31.8 Å². The minimum atomic E-state index is -0.0718. The molecule has 2 aromatic rings. The normalized spacial score (nSPS) is 24.2. The smallest absolute Gasteiger partial charge is 0.223 e. The second kappa shape index (κ2) is 12.2. The van der Waals surface area contributed by atoms with Crippen LogP contribution in [-0.4, -0.2) is 36.6 Å². The number of rotatable bonds is 8. The van der Waals surface area contributed by atoms with Crippen LogP contribution in [-0.2, 0) is 4.79 Å². The summed E-state index contributed by atoms with van der Waals surface area (Å²) >= 11 is 0. The van der Waals surface area contributed by atoms with Gasteiger partial charge in [-0.05, 0) is 102 Å². The quantitative estimate of drug-likeness (QED) is 0.448. The Morgan fingerprint density at radius 1 is 0.800 bits per heavy atom. The summed E-state index contributed by atoms with van der Waals surface area (Å²) in [4.78, 5) is 11.9. The Hall–Kier alpha value is -2.21. The monoisotopic (exact) mass is 478 g/mol. The molecule has 192 valence electrons. The first-order chi connectivity index (χ1) is 16.6.